The molecule has 1 N–H and O–H groups in total. The van der Waals surface area contributed by atoms with Gasteiger partial charge in [0.05, 0.1) is 25.9 Å². The lowest BCUT2D eigenvalue weighted by molar-refractivity contribution is -0.146. The molecule has 1 fully saturated rings. The Kier molecular flexibility index (Phi) is 41.9. The quantitative estimate of drug-likeness (QED) is 0.0481. The number of aliphatic hydroxyl groups excluding tert-OH is 1. The highest BCUT2D eigenvalue weighted by Crippen LogP contribution is 2.35. The van der Waals surface area contributed by atoms with Gasteiger partial charge in [0.2, 0.25) is 0 Å². The van der Waals surface area contributed by atoms with Gasteiger partial charge in [0.1, 0.15) is 0 Å². The fourth-order valence-corrected chi connectivity index (χ4v) is 9.37. The van der Waals surface area contributed by atoms with Crippen LogP contribution in [-0.2, 0) is 19.1 Å². The molecule has 64 heavy (non-hydrogen) atoms. The fraction of sp³-hybridized carbons (Fsp3) is 0.964. The van der Waals surface area contributed by atoms with Crippen LogP contribution in [0.1, 0.15) is 259 Å². The van der Waals surface area contributed by atoms with Crippen LogP contribution < -0.4 is 0 Å². The van der Waals surface area contributed by atoms with Crippen LogP contribution in [-0.4, -0.2) is 97.8 Å². The van der Waals surface area contributed by atoms with Crippen molar-refractivity contribution in [3.8, 4) is 0 Å². The van der Waals surface area contributed by atoms with E-state index in [0.29, 0.717) is 64.1 Å². The van der Waals surface area contributed by atoms with Crippen LogP contribution in [0, 0.1) is 11.8 Å². The molecule has 0 aromatic carbocycles. The highest BCUT2D eigenvalue weighted by molar-refractivity contribution is 5.69. The van der Waals surface area contributed by atoms with E-state index in [9.17, 15) is 23.5 Å². The first-order valence-electron chi connectivity index (χ1n) is 28.0. The van der Waals surface area contributed by atoms with E-state index in [2.05, 4.69) is 32.6 Å². The largest absolute Gasteiger partial charge is 0.465 e. The van der Waals surface area contributed by atoms with Crippen molar-refractivity contribution in [1.29, 1.82) is 0 Å². The summed E-state index contributed by atoms with van der Waals surface area (Å²) >= 11 is 0. The maximum absolute atomic E-state index is 14.3. The predicted molar refractivity (Wildman–Crippen MR) is 266 cm³/mol. The summed E-state index contributed by atoms with van der Waals surface area (Å²) in [7, 11) is 0. The Morgan fingerprint density at radius 3 is 1.14 bits per heavy atom. The number of esters is 2. The second-order valence-electron chi connectivity index (χ2n) is 19.9. The van der Waals surface area contributed by atoms with Crippen LogP contribution in [0.25, 0.3) is 0 Å². The van der Waals surface area contributed by atoms with Crippen LogP contribution in [0.2, 0.25) is 0 Å². The Balaban J connectivity index is 2.42. The van der Waals surface area contributed by atoms with Gasteiger partial charge in [-0.1, -0.05) is 195 Å². The Labute approximate surface area is 395 Å². The molecule has 0 saturated heterocycles. The summed E-state index contributed by atoms with van der Waals surface area (Å²) in [5.41, 5.74) is 0. The number of unbranched alkanes of at least 4 members (excludes halogenated alkanes) is 24. The van der Waals surface area contributed by atoms with Crippen LogP contribution in [0.15, 0.2) is 0 Å². The summed E-state index contributed by atoms with van der Waals surface area (Å²) in [4.78, 5) is 29.6. The number of rotatable bonds is 50. The van der Waals surface area contributed by atoms with E-state index in [1.165, 1.54) is 154 Å². The molecule has 1 saturated carbocycles. The van der Waals surface area contributed by atoms with Crippen LogP contribution in [0.4, 0.5) is 8.78 Å². The summed E-state index contributed by atoms with van der Waals surface area (Å²) in [6, 6.07) is -0.696. The van der Waals surface area contributed by atoms with Crippen LogP contribution in [0.5, 0.6) is 0 Å². The average Bonchev–Trinajstić information content (AvgIpc) is 3.89. The number of carbonyl (C=O) groups excluding carboxylic acids is 2. The van der Waals surface area contributed by atoms with Gasteiger partial charge in [0.15, 0.2) is 12.3 Å². The van der Waals surface area contributed by atoms with E-state index in [1.807, 2.05) is 4.90 Å². The van der Waals surface area contributed by atoms with Gasteiger partial charge in [0.25, 0.3) is 0 Å². The van der Waals surface area contributed by atoms with E-state index in [-0.39, 0.29) is 18.5 Å². The number of hydrogen-bond donors (Lipinski definition) is 1. The van der Waals surface area contributed by atoms with Crippen LogP contribution in [0.3, 0.4) is 0 Å². The lowest BCUT2D eigenvalue weighted by Gasteiger charge is -2.27. The molecule has 380 valence electrons. The third kappa shape index (κ3) is 34.9. The normalized spacial score (nSPS) is 16.2. The molecule has 1 aliphatic carbocycles. The second kappa shape index (κ2) is 44.2. The minimum atomic E-state index is -1.44. The van der Waals surface area contributed by atoms with E-state index < -0.39 is 18.4 Å². The zero-order valence-electron chi connectivity index (χ0n) is 42.7. The van der Waals surface area contributed by atoms with Crippen molar-refractivity contribution in [2.75, 3.05) is 52.5 Å². The van der Waals surface area contributed by atoms with Gasteiger partial charge in [-0.05, 0) is 76.3 Å². The first kappa shape index (κ1) is 60.7. The van der Waals surface area contributed by atoms with Gasteiger partial charge in [-0.2, -0.15) is 0 Å². The number of hydrogen-bond acceptors (Lipinski definition) is 7. The summed E-state index contributed by atoms with van der Waals surface area (Å²) in [6.45, 7) is 13.2. The molecular weight excluding hydrogens is 807 g/mol. The first-order valence-corrected chi connectivity index (χ1v) is 28.0. The third-order valence-corrected chi connectivity index (χ3v) is 13.9. The molecule has 2 atom stereocenters. The lowest BCUT2D eigenvalue weighted by atomic mass is 9.94. The standard InChI is InChI=1S/C55H106F2N2O5/c1-5-9-13-17-21-27-35-49(36-28-22-18-14-10-6-2)47-63-51(61)39-31-25-33-41-58(45-46-60)43-44-59(55-53(56)54(55)57)42-34-26-32-40-52(62)64-48-50(37-29-23-19-15-11-7-3)38-30-24-20-16-12-8-4/h49-50,53-55,60H,5-48H2,1-4H3. The van der Waals surface area contributed by atoms with Crippen molar-refractivity contribution < 1.29 is 33.0 Å². The maximum atomic E-state index is 14.3. The highest BCUT2D eigenvalue weighted by atomic mass is 19.2. The van der Waals surface area contributed by atoms with E-state index >= 15 is 0 Å². The molecule has 0 spiro atoms. The highest BCUT2D eigenvalue weighted by Gasteiger charge is 2.55. The molecule has 0 aliphatic heterocycles. The summed E-state index contributed by atoms with van der Waals surface area (Å²) < 4.78 is 40.3. The van der Waals surface area contributed by atoms with Gasteiger partial charge >= 0.3 is 11.9 Å². The minimum absolute atomic E-state index is 0.0286. The predicted octanol–water partition coefficient (Wildman–Crippen LogP) is 15.1. The van der Waals surface area contributed by atoms with Crippen molar-refractivity contribution in [3.05, 3.63) is 0 Å². The van der Waals surface area contributed by atoms with Crippen molar-refractivity contribution in [2.24, 2.45) is 11.8 Å². The Bertz CT molecular complexity index is 998. The zero-order chi connectivity index (χ0) is 46.7. The topological polar surface area (TPSA) is 79.3 Å². The summed E-state index contributed by atoms with van der Waals surface area (Å²) in [5, 5.41) is 9.78. The Morgan fingerprint density at radius 1 is 0.438 bits per heavy atom. The van der Waals surface area contributed by atoms with Crippen molar-refractivity contribution in [2.45, 2.75) is 277 Å². The molecule has 1 aliphatic rings. The Hall–Kier alpha value is -1.32. The molecule has 0 aromatic rings. The second-order valence-corrected chi connectivity index (χ2v) is 19.9. The van der Waals surface area contributed by atoms with E-state index in [4.69, 9.17) is 9.47 Å². The number of nitrogens with zero attached hydrogens (tertiary/aromatic N) is 2. The van der Waals surface area contributed by atoms with E-state index in [1.54, 1.807) is 0 Å². The number of carbonyl (C=O) groups is 2. The molecule has 0 radical (unpaired) electrons. The number of aliphatic hydroxyl groups is 1. The van der Waals surface area contributed by atoms with Crippen molar-refractivity contribution >= 4 is 11.9 Å². The maximum Gasteiger partial charge on any atom is 0.305 e. The van der Waals surface area contributed by atoms with Gasteiger partial charge in [-0.25, -0.2) is 8.78 Å². The van der Waals surface area contributed by atoms with Crippen molar-refractivity contribution in [3.63, 3.8) is 0 Å². The third-order valence-electron chi connectivity index (χ3n) is 13.9. The monoisotopic (exact) mass is 913 g/mol. The van der Waals surface area contributed by atoms with Gasteiger partial charge < -0.3 is 14.6 Å². The minimum Gasteiger partial charge on any atom is -0.465 e. The zero-order valence-corrected chi connectivity index (χ0v) is 42.7. The number of halogens is 2. The first-order chi connectivity index (χ1) is 31.3. The Morgan fingerprint density at radius 2 is 0.781 bits per heavy atom. The summed E-state index contributed by atoms with van der Waals surface area (Å²) in [6.07, 6.45) is 38.2. The molecule has 0 heterocycles. The number of ether oxygens (including phenoxy) is 2. The van der Waals surface area contributed by atoms with Gasteiger partial charge in [-0.15, -0.1) is 0 Å². The smallest absolute Gasteiger partial charge is 0.305 e. The molecule has 1 rings (SSSR count). The van der Waals surface area contributed by atoms with Gasteiger partial charge in [-0.3, -0.25) is 19.4 Å². The van der Waals surface area contributed by atoms with E-state index in [0.717, 1.165) is 70.8 Å². The number of alkyl halides is 2. The van der Waals surface area contributed by atoms with Crippen LogP contribution >= 0.6 is 0 Å². The average molecular weight is 913 g/mol. The van der Waals surface area contributed by atoms with Gasteiger partial charge in [0, 0.05) is 32.5 Å². The molecule has 2 unspecified atom stereocenters. The molecule has 0 aromatic heterocycles. The summed E-state index contributed by atoms with van der Waals surface area (Å²) in [5.74, 6) is 0.708. The lowest BCUT2D eigenvalue weighted by Crippen LogP contribution is -2.39. The molecule has 0 amide bonds. The van der Waals surface area contributed by atoms with Crippen molar-refractivity contribution in [1.82, 2.24) is 9.80 Å². The molecule has 0 bridgehead atoms. The fourth-order valence-electron chi connectivity index (χ4n) is 9.37. The molecule has 7 nitrogen and oxygen atoms in total. The molecular formula is C55H106F2N2O5. The molecule has 9 heteroatoms. The SMILES string of the molecule is CCCCCCCCC(CCCCCCCC)COC(=O)CCCCCN(CCO)CCN(CCCCCC(=O)OCC(CCCCCCCC)CCCCCCCC)C1C(F)C1F.